The number of benzene rings is 2. The van der Waals surface area contributed by atoms with Crippen LogP contribution < -0.4 is 4.74 Å². The van der Waals surface area contributed by atoms with Gasteiger partial charge in [-0.25, -0.2) is 0 Å². The van der Waals surface area contributed by atoms with E-state index in [4.69, 9.17) is 4.74 Å². The van der Waals surface area contributed by atoms with Gasteiger partial charge in [-0.2, -0.15) is 0 Å². The van der Waals surface area contributed by atoms with Crippen molar-refractivity contribution in [2.45, 2.75) is 0 Å². The zero-order chi connectivity index (χ0) is 12.5. The third kappa shape index (κ3) is 2.31. The maximum Gasteiger partial charge on any atom is 0.152 e. The van der Waals surface area contributed by atoms with Gasteiger partial charge in [0.25, 0.3) is 0 Å². The van der Waals surface area contributed by atoms with Gasteiger partial charge in [0.2, 0.25) is 0 Å². The van der Waals surface area contributed by atoms with Gasteiger partial charge >= 0.3 is 0 Å². The third-order valence-electron chi connectivity index (χ3n) is 2.63. The van der Waals surface area contributed by atoms with Crippen molar-refractivity contribution >= 4 is 42.8 Å². The minimum absolute atomic E-state index is 0.813. The van der Waals surface area contributed by atoms with Gasteiger partial charge in [-0.1, -0.05) is 37.9 Å². The molecule has 0 atom stereocenters. The van der Waals surface area contributed by atoms with Gasteiger partial charge in [-0.3, -0.25) is 0 Å². The second-order valence-electron chi connectivity index (χ2n) is 3.90. The topological polar surface area (TPSA) is 25.0 Å². The molecule has 2 nitrogen and oxygen atoms in total. The first-order chi connectivity index (χ1) is 8.72. The van der Waals surface area contributed by atoms with Crippen LogP contribution in [0.1, 0.15) is 0 Å². The summed E-state index contributed by atoms with van der Waals surface area (Å²) in [4.78, 5) is 3.20. The average Bonchev–Trinajstić information content (AvgIpc) is 2.72. The van der Waals surface area contributed by atoms with Crippen LogP contribution in [0.2, 0.25) is 0 Å². The Bertz CT molecular complexity index is 706. The molecule has 0 saturated carbocycles. The summed E-state index contributed by atoms with van der Waals surface area (Å²) in [6, 6.07) is 13.9. The molecule has 0 saturated heterocycles. The number of hydrogen-bond donors (Lipinski definition) is 1. The first kappa shape index (κ1) is 11.8. The fourth-order valence-corrected chi connectivity index (χ4v) is 2.55. The fraction of sp³-hybridized carbons (Fsp3) is 0. The summed E-state index contributed by atoms with van der Waals surface area (Å²) in [5, 5.41) is 1.07. The minimum Gasteiger partial charge on any atom is -0.455 e. The van der Waals surface area contributed by atoms with E-state index < -0.39 is 0 Å². The van der Waals surface area contributed by atoms with E-state index in [1.807, 2.05) is 48.7 Å². The van der Waals surface area contributed by atoms with Crippen molar-refractivity contribution in [1.82, 2.24) is 4.98 Å². The van der Waals surface area contributed by atoms with Crippen molar-refractivity contribution in [2.24, 2.45) is 0 Å². The van der Waals surface area contributed by atoms with Crippen LogP contribution in [0.15, 0.2) is 57.6 Å². The first-order valence-electron chi connectivity index (χ1n) is 5.42. The molecule has 0 aliphatic rings. The molecule has 0 aliphatic carbocycles. The lowest BCUT2D eigenvalue weighted by molar-refractivity contribution is 0.488. The lowest BCUT2D eigenvalue weighted by Gasteiger charge is -2.04. The van der Waals surface area contributed by atoms with E-state index in [-0.39, 0.29) is 0 Å². The number of ether oxygens (including phenoxy) is 1. The van der Waals surface area contributed by atoms with Gasteiger partial charge < -0.3 is 9.72 Å². The molecule has 0 aliphatic heterocycles. The molecular formula is C14H9Br2NO. The number of hydrogen-bond acceptors (Lipinski definition) is 1. The van der Waals surface area contributed by atoms with Crippen LogP contribution in [0, 0.1) is 0 Å². The molecule has 2 aromatic carbocycles. The highest BCUT2D eigenvalue weighted by atomic mass is 79.9. The molecule has 3 rings (SSSR count). The largest absolute Gasteiger partial charge is 0.455 e. The fourth-order valence-electron chi connectivity index (χ4n) is 1.81. The van der Waals surface area contributed by atoms with Crippen molar-refractivity contribution in [2.75, 3.05) is 0 Å². The highest BCUT2D eigenvalue weighted by molar-refractivity contribution is 9.10. The predicted octanol–water partition coefficient (Wildman–Crippen LogP) is 5.49. The van der Waals surface area contributed by atoms with Crippen LogP contribution in [-0.4, -0.2) is 4.98 Å². The van der Waals surface area contributed by atoms with E-state index in [0.717, 1.165) is 31.3 Å². The van der Waals surface area contributed by atoms with Gasteiger partial charge in [-0.05, 0) is 36.4 Å². The Balaban J connectivity index is 2.00. The predicted molar refractivity (Wildman–Crippen MR) is 80.2 cm³/mol. The summed E-state index contributed by atoms with van der Waals surface area (Å²) < 4.78 is 7.93. The van der Waals surface area contributed by atoms with Gasteiger partial charge in [0.1, 0.15) is 5.75 Å². The molecule has 4 heteroatoms. The van der Waals surface area contributed by atoms with Crippen molar-refractivity contribution < 1.29 is 4.74 Å². The quantitative estimate of drug-likeness (QED) is 0.637. The number of aromatic nitrogens is 1. The van der Waals surface area contributed by atoms with Crippen LogP contribution in [0.5, 0.6) is 11.5 Å². The Morgan fingerprint density at radius 3 is 2.61 bits per heavy atom. The summed E-state index contributed by atoms with van der Waals surface area (Å²) in [5.41, 5.74) is 1.05. The zero-order valence-electron chi connectivity index (χ0n) is 9.28. The lowest BCUT2D eigenvalue weighted by Crippen LogP contribution is -1.82. The minimum atomic E-state index is 0.813. The van der Waals surface area contributed by atoms with E-state index in [1.54, 1.807) is 0 Å². The Morgan fingerprint density at radius 1 is 0.944 bits per heavy atom. The smallest absolute Gasteiger partial charge is 0.152 e. The molecule has 1 N–H and O–H groups in total. The highest BCUT2D eigenvalue weighted by Crippen LogP contribution is 2.32. The second-order valence-corrected chi connectivity index (χ2v) is 5.73. The first-order valence-corrected chi connectivity index (χ1v) is 7.01. The summed E-state index contributed by atoms with van der Waals surface area (Å²) >= 11 is 6.88. The van der Waals surface area contributed by atoms with Gasteiger partial charge in [0.15, 0.2) is 5.75 Å². The number of H-pyrrole nitrogens is 1. The van der Waals surface area contributed by atoms with Crippen LogP contribution >= 0.6 is 31.9 Å². The molecule has 0 spiro atoms. The molecule has 0 fully saturated rings. The molecule has 90 valence electrons. The summed E-state index contributed by atoms with van der Waals surface area (Å²) in [6.07, 6.45) is 1.87. The highest BCUT2D eigenvalue weighted by Gasteiger charge is 2.06. The normalized spacial score (nSPS) is 10.8. The number of nitrogens with one attached hydrogen (secondary N) is 1. The van der Waals surface area contributed by atoms with Crippen LogP contribution in [0.25, 0.3) is 10.9 Å². The number of fused-ring (bicyclic) bond motifs is 1. The van der Waals surface area contributed by atoms with Gasteiger partial charge in [-0.15, -0.1) is 0 Å². The molecule has 1 heterocycles. The van der Waals surface area contributed by atoms with Crippen LogP contribution in [0.3, 0.4) is 0 Å². The van der Waals surface area contributed by atoms with E-state index >= 15 is 0 Å². The van der Waals surface area contributed by atoms with Crippen molar-refractivity contribution in [1.29, 1.82) is 0 Å². The molecule has 0 radical (unpaired) electrons. The van der Waals surface area contributed by atoms with Crippen molar-refractivity contribution in [3.05, 3.63) is 57.6 Å². The standard InChI is InChI=1S/C14H9Br2NO/c15-9-2-1-3-11(6-9)18-14-8-17-13-7-10(16)4-5-12(13)14/h1-8,17H. The summed E-state index contributed by atoms with van der Waals surface area (Å²) in [5.74, 6) is 1.64. The lowest BCUT2D eigenvalue weighted by atomic mass is 10.2. The monoisotopic (exact) mass is 365 g/mol. The maximum absolute atomic E-state index is 5.88. The van der Waals surface area contributed by atoms with E-state index in [0.29, 0.717) is 0 Å². The molecule has 0 unspecified atom stereocenters. The molecular weight excluding hydrogens is 358 g/mol. The number of halogens is 2. The molecule has 1 aromatic heterocycles. The van der Waals surface area contributed by atoms with E-state index in [1.165, 1.54) is 0 Å². The summed E-state index contributed by atoms with van der Waals surface area (Å²) in [7, 11) is 0. The van der Waals surface area contributed by atoms with Gasteiger partial charge in [0, 0.05) is 20.5 Å². The SMILES string of the molecule is Brc1cccc(Oc2c[nH]c3cc(Br)ccc23)c1. The molecule has 3 aromatic rings. The zero-order valence-corrected chi connectivity index (χ0v) is 12.5. The van der Waals surface area contributed by atoms with E-state index in [2.05, 4.69) is 36.8 Å². The average molecular weight is 367 g/mol. The Labute approximate surface area is 121 Å². The van der Waals surface area contributed by atoms with E-state index in [9.17, 15) is 0 Å². The molecule has 0 amide bonds. The number of rotatable bonds is 2. The second kappa shape index (κ2) is 4.78. The van der Waals surface area contributed by atoms with Crippen molar-refractivity contribution in [3.8, 4) is 11.5 Å². The summed E-state index contributed by atoms with van der Waals surface area (Å²) in [6.45, 7) is 0. The molecule has 0 bridgehead atoms. The van der Waals surface area contributed by atoms with Crippen molar-refractivity contribution in [3.63, 3.8) is 0 Å². The Hall–Kier alpha value is -1.26. The number of aromatic amines is 1. The molecule has 18 heavy (non-hydrogen) atoms. The Morgan fingerprint density at radius 2 is 1.78 bits per heavy atom. The third-order valence-corrected chi connectivity index (χ3v) is 3.62. The van der Waals surface area contributed by atoms with Crippen LogP contribution in [0.4, 0.5) is 0 Å². The Kier molecular flexibility index (Phi) is 3.14. The van der Waals surface area contributed by atoms with Crippen LogP contribution in [-0.2, 0) is 0 Å². The maximum atomic E-state index is 5.88. The van der Waals surface area contributed by atoms with Gasteiger partial charge in [0.05, 0.1) is 5.52 Å².